The van der Waals surface area contributed by atoms with E-state index in [1.54, 1.807) is 0 Å². The van der Waals surface area contributed by atoms with Gasteiger partial charge in [0.15, 0.2) is 0 Å². The van der Waals surface area contributed by atoms with Gasteiger partial charge < -0.3 is 4.74 Å². The van der Waals surface area contributed by atoms with Crippen molar-refractivity contribution in [2.24, 2.45) is 0 Å². The number of hydrogen-bond donors (Lipinski definition) is 0. The van der Waals surface area contributed by atoms with Gasteiger partial charge in [-0.3, -0.25) is 9.78 Å². The number of aromatic nitrogens is 1. The Morgan fingerprint density at radius 2 is 2.05 bits per heavy atom. The first-order valence-electron chi connectivity index (χ1n) is 5.37. The Hall–Kier alpha value is -1.44. The highest BCUT2D eigenvalue weighted by atomic mass is 35.5. The summed E-state index contributed by atoms with van der Waals surface area (Å²) in [6, 6.07) is 0.434. The van der Waals surface area contributed by atoms with Gasteiger partial charge in [0.2, 0.25) is 0 Å². The van der Waals surface area contributed by atoms with Crippen LogP contribution in [0.1, 0.15) is 30.3 Å². The fourth-order valence-electron chi connectivity index (χ4n) is 1.47. The van der Waals surface area contributed by atoms with Crippen molar-refractivity contribution in [3.63, 3.8) is 0 Å². The number of rotatable bonds is 4. The van der Waals surface area contributed by atoms with Gasteiger partial charge in [0, 0.05) is 0 Å². The molecule has 0 N–H and O–H groups in total. The Balaban J connectivity index is 3.32. The number of ether oxygens (including phenoxy) is 1. The van der Waals surface area contributed by atoms with Crippen LogP contribution >= 0.6 is 11.6 Å². The van der Waals surface area contributed by atoms with E-state index in [-0.39, 0.29) is 6.61 Å². The summed E-state index contributed by atoms with van der Waals surface area (Å²) in [5.41, 5.74) is -3.21. The van der Waals surface area contributed by atoms with Gasteiger partial charge in [0.25, 0.3) is 6.43 Å². The van der Waals surface area contributed by atoms with Crippen molar-refractivity contribution in [3.8, 4) is 0 Å². The number of halogens is 6. The summed E-state index contributed by atoms with van der Waals surface area (Å²) >= 11 is 5.38. The van der Waals surface area contributed by atoms with Crippen LogP contribution < -0.4 is 0 Å². The largest absolute Gasteiger partial charge is 0.466 e. The Kier molecular flexibility index (Phi) is 5.27. The molecule has 0 aliphatic carbocycles. The van der Waals surface area contributed by atoms with Crippen molar-refractivity contribution >= 4 is 17.6 Å². The minimum Gasteiger partial charge on any atom is -0.466 e. The summed E-state index contributed by atoms with van der Waals surface area (Å²) < 4.78 is 68.0. The highest BCUT2D eigenvalue weighted by molar-refractivity contribution is 6.31. The highest BCUT2D eigenvalue weighted by Crippen LogP contribution is 2.38. The quantitative estimate of drug-likeness (QED) is 0.626. The number of carbonyl (C=O) groups is 1. The molecule has 0 aliphatic rings. The summed E-state index contributed by atoms with van der Waals surface area (Å²) in [7, 11) is 0. The number of esters is 1. The van der Waals surface area contributed by atoms with Crippen LogP contribution in [0.25, 0.3) is 0 Å². The van der Waals surface area contributed by atoms with E-state index in [0.29, 0.717) is 6.07 Å². The summed E-state index contributed by atoms with van der Waals surface area (Å²) in [5, 5.41) is -0.929. The standard InChI is InChI=1S/C11H9ClF5NO2/c1-2-20-8(19)4-6-9(11(15,16)17)5(12)3-7(18-6)10(13)14/h3,10H,2,4H2,1H3. The van der Waals surface area contributed by atoms with E-state index in [1.807, 2.05) is 0 Å². The molecule has 0 aromatic carbocycles. The lowest BCUT2D eigenvalue weighted by Gasteiger charge is -2.15. The Morgan fingerprint density at radius 3 is 2.50 bits per heavy atom. The number of alkyl halides is 5. The Bertz CT molecular complexity index is 504. The van der Waals surface area contributed by atoms with Crippen molar-refractivity contribution in [3.05, 3.63) is 28.0 Å². The lowest BCUT2D eigenvalue weighted by molar-refractivity contribution is -0.143. The van der Waals surface area contributed by atoms with E-state index in [1.165, 1.54) is 6.92 Å². The van der Waals surface area contributed by atoms with Gasteiger partial charge in [-0.1, -0.05) is 11.6 Å². The normalized spacial score (nSPS) is 11.8. The minimum absolute atomic E-state index is 0.0531. The van der Waals surface area contributed by atoms with E-state index in [0.717, 1.165) is 0 Å². The van der Waals surface area contributed by atoms with Gasteiger partial charge in [-0.15, -0.1) is 0 Å². The maximum absolute atomic E-state index is 12.8. The van der Waals surface area contributed by atoms with E-state index in [9.17, 15) is 26.7 Å². The van der Waals surface area contributed by atoms with Crippen molar-refractivity contribution in [1.29, 1.82) is 0 Å². The van der Waals surface area contributed by atoms with Crippen molar-refractivity contribution in [1.82, 2.24) is 4.98 Å². The monoisotopic (exact) mass is 317 g/mol. The SMILES string of the molecule is CCOC(=O)Cc1nc(C(F)F)cc(Cl)c1C(F)(F)F. The van der Waals surface area contributed by atoms with E-state index in [4.69, 9.17) is 11.6 Å². The van der Waals surface area contributed by atoms with Crippen LogP contribution in [0.4, 0.5) is 22.0 Å². The number of nitrogens with zero attached hydrogens (tertiary/aromatic N) is 1. The number of carbonyl (C=O) groups excluding carboxylic acids is 1. The lowest BCUT2D eigenvalue weighted by atomic mass is 10.1. The molecule has 0 atom stereocenters. The maximum atomic E-state index is 12.8. The molecule has 3 nitrogen and oxygen atoms in total. The zero-order chi connectivity index (χ0) is 15.5. The number of pyridine rings is 1. The molecule has 1 rings (SSSR count). The van der Waals surface area contributed by atoms with Crippen molar-refractivity contribution < 1.29 is 31.5 Å². The van der Waals surface area contributed by atoms with Gasteiger partial charge in [0.05, 0.1) is 29.3 Å². The molecule has 0 amide bonds. The first kappa shape index (κ1) is 16.6. The molecule has 0 unspecified atom stereocenters. The molecular formula is C11H9ClF5NO2. The maximum Gasteiger partial charge on any atom is 0.419 e. The molecule has 0 bridgehead atoms. The third-order valence-electron chi connectivity index (χ3n) is 2.19. The summed E-state index contributed by atoms with van der Waals surface area (Å²) in [6.45, 7) is 1.40. The van der Waals surface area contributed by atoms with Gasteiger partial charge in [-0.25, -0.2) is 8.78 Å². The second kappa shape index (κ2) is 6.34. The molecule has 0 radical (unpaired) electrons. The molecule has 1 aromatic heterocycles. The topological polar surface area (TPSA) is 39.2 Å². The van der Waals surface area contributed by atoms with Crippen LogP contribution in [0.3, 0.4) is 0 Å². The molecule has 9 heteroatoms. The minimum atomic E-state index is -4.91. The van der Waals surface area contributed by atoms with Gasteiger partial charge in [-0.05, 0) is 13.0 Å². The van der Waals surface area contributed by atoms with Crippen molar-refractivity contribution in [2.75, 3.05) is 6.61 Å². The Morgan fingerprint density at radius 1 is 1.45 bits per heavy atom. The molecule has 0 saturated heterocycles. The van der Waals surface area contributed by atoms with Gasteiger partial charge >= 0.3 is 12.1 Å². The molecule has 0 fully saturated rings. The molecular weight excluding hydrogens is 309 g/mol. The van der Waals surface area contributed by atoms with E-state index in [2.05, 4.69) is 9.72 Å². The zero-order valence-corrected chi connectivity index (χ0v) is 10.9. The molecule has 0 saturated carbocycles. The number of hydrogen-bond acceptors (Lipinski definition) is 3. The Labute approximate surface area is 115 Å². The van der Waals surface area contributed by atoms with E-state index < -0.39 is 47.0 Å². The van der Waals surface area contributed by atoms with Crippen LogP contribution in [0, 0.1) is 0 Å². The van der Waals surface area contributed by atoms with Crippen LogP contribution in [0.5, 0.6) is 0 Å². The second-order valence-corrected chi connectivity index (χ2v) is 4.04. The van der Waals surface area contributed by atoms with Crippen LogP contribution in [0.15, 0.2) is 6.07 Å². The molecule has 0 aliphatic heterocycles. The molecule has 0 spiro atoms. The van der Waals surface area contributed by atoms with Gasteiger partial charge in [-0.2, -0.15) is 13.2 Å². The average molecular weight is 318 g/mol. The van der Waals surface area contributed by atoms with Crippen LogP contribution in [0.2, 0.25) is 5.02 Å². The fourth-order valence-corrected chi connectivity index (χ4v) is 1.80. The third kappa shape index (κ3) is 4.03. The third-order valence-corrected chi connectivity index (χ3v) is 2.49. The van der Waals surface area contributed by atoms with E-state index >= 15 is 0 Å². The molecule has 1 heterocycles. The second-order valence-electron chi connectivity index (χ2n) is 3.63. The summed E-state index contributed by atoms with van der Waals surface area (Å²) in [6.07, 6.45) is -8.90. The first-order valence-corrected chi connectivity index (χ1v) is 5.74. The smallest absolute Gasteiger partial charge is 0.419 e. The predicted molar refractivity (Wildman–Crippen MR) is 59.5 cm³/mol. The molecule has 20 heavy (non-hydrogen) atoms. The highest BCUT2D eigenvalue weighted by Gasteiger charge is 2.38. The molecule has 112 valence electrons. The summed E-state index contributed by atoms with van der Waals surface area (Å²) in [5.74, 6) is -1.01. The predicted octanol–water partition coefficient (Wildman–Crippen LogP) is 3.80. The lowest BCUT2D eigenvalue weighted by Crippen LogP contribution is -2.17. The first-order chi connectivity index (χ1) is 9.16. The van der Waals surface area contributed by atoms with Crippen molar-refractivity contribution in [2.45, 2.75) is 25.9 Å². The zero-order valence-electron chi connectivity index (χ0n) is 10.1. The summed E-state index contributed by atoms with van der Waals surface area (Å²) in [4.78, 5) is 14.4. The molecule has 1 aromatic rings. The average Bonchev–Trinajstić information content (AvgIpc) is 2.26. The fraction of sp³-hybridized carbons (Fsp3) is 0.455. The van der Waals surface area contributed by atoms with Gasteiger partial charge in [0.1, 0.15) is 5.69 Å². The van der Waals surface area contributed by atoms with Crippen LogP contribution in [-0.2, 0) is 22.1 Å². The van der Waals surface area contributed by atoms with Crippen LogP contribution in [-0.4, -0.2) is 17.6 Å².